The maximum Gasteiger partial charge on any atom is 0.222 e. The fourth-order valence-corrected chi connectivity index (χ4v) is 2.25. The van der Waals surface area contributed by atoms with E-state index in [9.17, 15) is 4.79 Å². The average molecular weight is 297 g/mol. The third-order valence-corrected chi connectivity index (χ3v) is 3.65. The van der Waals surface area contributed by atoms with Crippen molar-refractivity contribution < 1.29 is 4.79 Å². The van der Waals surface area contributed by atoms with Crippen molar-refractivity contribution in [2.75, 3.05) is 26.0 Å². The van der Waals surface area contributed by atoms with E-state index in [1.54, 1.807) is 11.1 Å². The maximum absolute atomic E-state index is 12.2. The second-order valence-corrected chi connectivity index (χ2v) is 5.67. The first-order valence-corrected chi connectivity index (χ1v) is 7.45. The molecule has 0 saturated carbocycles. The summed E-state index contributed by atoms with van der Waals surface area (Å²) in [7, 11) is 5.89. The molecule has 0 fully saturated rings. The lowest BCUT2D eigenvalue weighted by Gasteiger charge is -2.18. The third kappa shape index (κ3) is 4.58. The van der Waals surface area contributed by atoms with Crippen LogP contribution in [0.25, 0.3) is 0 Å². The highest BCUT2D eigenvalue weighted by Crippen LogP contribution is 2.14. The first-order chi connectivity index (χ1) is 10.6. The Bertz CT molecular complexity index is 593. The van der Waals surface area contributed by atoms with Gasteiger partial charge in [-0.2, -0.15) is 0 Å². The molecule has 116 valence electrons. The van der Waals surface area contributed by atoms with Crippen molar-refractivity contribution in [3.05, 3.63) is 59.9 Å². The number of carbonyl (C=O) groups excluding carboxylic acids is 1. The Morgan fingerprint density at radius 2 is 1.77 bits per heavy atom. The summed E-state index contributed by atoms with van der Waals surface area (Å²) >= 11 is 0. The molecule has 1 heterocycles. The Labute approximate surface area is 132 Å². The van der Waals surface area contributed by atoms with Gasteiger partial charge >= 0.3 is 0 Å². The summed E-state index contributed by atoms with van der Waals surface area (Å²) < 4.78 is 0. The molecule has 4 nitrogen and oxygen atoms in total. The number of hydrogen-bond donors (Lipinski definition) is 0. The maximum atomic E-state index is 12.2. The normalized spacial score (nSPS) is 10.3. The molecule has 0 aliphatic rings. The third-order valence-electron chi connectivity index (χ3n) is 3.65. The summed E-state index contributed by atoms with van der Waals surface area (Å²) in [4.78, 5) is 20.1. The summed E-state index contributed by atoms with van der Waals surface area (Å²) in [5.41, 5.74) is 3.40. The molecular formula is C18H23N3O. The molecule has 0 aliphatic carbocycles. The van der Waals surface area contributed by atoms with Crippen LogP contribution >= 0.6 is 0 Å². The van der Waals surface area contributed by atoms with Crippen molar-refractivity contribution in [3.8, 4) is 0 Å². The zero-order chi connectivity index (χ0) is 15.9. The minimum Gasteiger partial charge on any atom is -0.378 e. The fraction of sp³-hybridized carbons (Fsp3) is 0.333. The fourth-order valence-electron chi connectivity index (χ4n) is 2.25. The van der Waals surface area contributed by atoms with Crippen molar-refractivity contribution in [2.45, 2.75) is 19.4 Å². The number of benzene rings is 1. The van der Waals surface area contributed by atoms with Crippen LogP contribution in [0.1, 0.15) is 17.5 Å². The molecule has 2 aromatic rings. The SMILES string of the molecule is CN(Cc1ccc(N(C)C)cc1)C(=O)CCc1cccnc1. The Morgan fingerprint density at radius 1 is 1.05 bits per heavy atom. The van der Waals surface area contributed by atoms with Gasteiger partial charge in [-0.15, -0.1) is 0 Å². The summed E-state index contributed by atoms with van der Waals surface area (Å²) in [5, 5.41) is 0. The molecule has 0 bridgehead atoms. The van der Waals surface area contributed by atoms with Gasteiger partial charge in [-0.1, -0.05) is 18.2 Å². The van der Waals surface area contributed by atoms with E-state index in [4.69, 9.17) is 0 Å². The minimum atomic E-state index is 0.153. The zero-order valence-electron chi connectivity index (χ0n) is 13.5. The van der Waals surface area contributed by atoms with E-state index >= 15 is 0 Å². The Balaban J connectivity index is 1.85. The van der Waals surface area contributed by atoms with E-state index in [0.29, 0.717) is 13.0 Å². The highest BCUT2D eigenvalue weighted by atomic mass is 16.2. The smallest absolute Gasteiger partial charge is 0.222 e. The number of amides is 1. The first-order valence-electron chi connectivity index (χ1n) is 7.45. The Hall–Kier alpha value is -2.36. The number of nitrogens with zero attached hydrogens (tertiary/aromatic N) is 3. The van der Waals surface area contributed by atoms with Crippen LogP contribution in [-0.2, 0) is 17.8 Å². The molecule has 0 unspecified atom stereocenters. The Kier molecular flexibility index (Phi) is 5.53. The number of aryl methyl sites for hydroxylation is 1. The second kappa shape index (κ2) is 7.59. The van der Waals surface area contributed by atoms with Gasteiger partial charge in [0.1, 0.15) is 0 Å². The van der Waals surface area contributed by atoms with Gasteiger partial charge in [0.15, 0.2) is 0 Å². The van der Waals surface area contributed by atoms with Crippen molar-refractivity contribution in [2.24, 2.45) is 0 Å². The molecule has 2 rings (SSSR count). The van der Waals surface area contributed by atoms with Gasteiger partial charge in [0.2, 0.25) is 5.91 Å². The predicted octanol–water partition coefficient (Wildman–Crippen LogP) is 2.74. The van der Waals surface area contributed by atoms with E-state index in [1.165, 1.54) is 0 Å². The number of pyridine rings is 1. The van der Waals surface area contributed by atoms with Crippen LogP contribution in [0.4, 0.5) is 5.69 Å². The predicted molar refractivity (Wildman–Crippen MR) is 89.8 cm³/mol. The van der Waals surface area contributed by atoms with Crippen LogP contribution in [0.15, 0.2) is 48.8 Å². The topological polar surface area (TPSA) is 36.4 Å². The van der Waals surface area contributed by atoms with Crippen LogP contribution in [0.5, 0.6) is 0 Å². The van der Waals surface area contributed by atoms with Gasteiger partial charge in [-0.25, -0.2) is 0 Å². The number of aromatic nitrogens is 1. The molecule has 1 amide bonds. The molecule has 1 aromatic heterocycles. The standard InChI is InChI=1S/C18H23N3O/c1-20(2)17-9-6-16(7-10-17)14-21(3)18(22)11-8-15-5-4-12-19-13-15/h4-7,9-10,12-13H,8,11,14H2,1-3H3. The van der Waals surface area contributed by atoms with Gasteiger partial charge in [0, 0.05) is 52.2 Å². The lowest BCUT2D eigenvalue weighted by Crippen LogP contribution is -2.26. The quantitative estimate of drug-likeness (QED) is 0.822. The van der Waals surface area contributed by atoms with Crippen molar-refractivity contribution in [1.82, 2.24) is 9.88 Å². The van der Waals surface area contributed by atoms with Gasteiger partial charge in [-0.05, 0) is 35.7 Å². The molecule has 1 aromatic carbocycles. The highest BCUT2D eigenvalue weighted by Gasteiger charge is 2.09. The van der Waals surface area contributed by atoms with Crippen LogP contribution in [0, 0.1) is 0 Å². The molecule has 4 heteroatoms. The molecule has 22 heavy (non-hydrogen) atoms. The number of rotatable bonds is 6. The van der Waals surface area contributed by atoms with E-state index < -0.39 is 0 Å². The van der Waals surface area contributed by atoms with Gasteiger partial charge in [0.05, 0.1) is 0 Å². The molecule has 0 saturated heterocycles. The largest absolute Gasteiger partial charge is 0.378 e. The lowest BCUT2D eigenvalue weighted by molar-refractivity contribution is -0.130. The molecular weight excluding hydrogens is 274 g/mol. The summed E-state index contributed by atoms with van der Waals surface area (Å²) in [6, 6.07) is 12.2. The van der Waals surface area contributed by atoms with Crippen molar-refractivity contribution in [3.63, 3.8) is 0 Å². The first kappa shape index (κ1) is 16.0. The van der Waals surface area contributed by atoms with Crippen LogP contribution in [0.3, 0.4) is 0 Å². The molecule has 0 atom stereocenters. The summed E-state index contributed by atoms with van der Waals surface area (Å²) in [6.45, 7) is 0.638. The van der Waals surface area contributed by atoms with Crippen molar-refractivity contribution >= 4 is 11.6 Å². The van der Waals surface area contributed by atoms with E-state index in [1.807, 2.05) is 39.5 Å². The van der Waals surface area contributed by atoms with E-state index in [-0.39, 0.29) is 5.91 Å². The highest BCUT2D eigenvalue weighted by molar-refractivity contribution is 5.76. The second-order valence-electron chi connectivity index (χ2n) is 5.67. The van der Waals surface area contributed by atoms with Gasteiger partial charge in [0.25, 0.3) is 0 Å². The Morgan fingerprint density at radius 3 is 2.36 bits per heavy atom. The number of anilines is 1. The monoisotopic (exact) mass is 297 g/mol. The molecule has 0 N–H and O–H groups in total. The van der Waals surface area contributed by atoms with Gasteiger partial charge in [-0.3, -0.25) is 9.78 Å². The lowest BCUT2D eigenvalue weighted by atomic mass is 10.1. The van der Waals surface area contributed by atoms with Crippen LogP contribution in [0.2, 0.25) is 0 Å². The number of hydrogen-bond acceptors (Lipinski definition) is 3. The minimum absolute atomic E-state index is 0.153. The van der Waals surface area contributed by atoms with E-state index in [2.05, 4.69) is 34.1 Å². The average Bonchev–Trinajstić information content (AvgIpc) is 2.54. The van der Waals surface area contributed by atoms with E-state index in [0.717, 1.165) is 23.2 Å². The van der Waals surface area contributed by atoms with Crippen molar-refractivity contribution in [1.29, 1.82) is 0 Å². The van der Waals surface area contributed by atoms with Gasteiger partial charge < -0.3 is 9.80 Å². The van der Waals surface area contributed by atoms with Crippen LogP contribution < -0.4 is 4.90 Å². The molecule has 0 aliphatic heterocycles. The van der Waals surface area contributed by atoms with Crippen LogP contribution in [-0.4, -0.2) is 36.9 Å². The zero-order valence-corrected chi connectivity index (χ0v) is 13.5. The molecule has 0 spiro atoms. The molecule has 0 radical (unpaired) electrons. The summed E-state index contributed by atoms with van der Waals surface area (Å²) in [6.07, 6.45) is 4.80. The summed E-state index contributed by atoms with van der Waals surface area (Å²) in [5.74, 6) is 0.153. The number of carbonyl (C=O) groups is 1.